The van der Waals surface area contributed by atoms with Crippen LogP contribution in [0.1, 0.15) is 36.8 Å². The van der Waals surface area contributed by atoms with Gasteiger partial charge in [-0.25, -0.2) is 9.97 Å². The van der Waals surface area contributed by atoms with Gasteiger partial charge in [-0.2, -0.15) is 0 Å². The summed E-state index contributed by atoms with van der Waals surface area (Å²) in [7, 11) is 0. The van der Waals surface area contributed by atoms with Gasteiger partial charge in [-0.1, -0.05) is 13.8 Å². The first-order valence-electron chi connectivity index (χ1n) is 4.17. The van der Waals surface area contributed by atoms with Crippen molar-refractivity contribution in [2.24, 2.45) is 5.73 Å². The van der Waals surface area contributed by atoms with Crippen LogP contribution in [0.2, 0.25) is 0 Å². The molecule has 0 bridgehead atoms. The van der Waals surface area contributed by atoms with Crippen molar-refractivity contribution in [1.29, 1.82) is 0 Å². The lowest BCUT2D eigenvalue weighted by Crippen LogP contribution is -2.07. The molecule has 0 unspecified atom stereocenters. The molecule has 12 heavy (non-hydrogen) atoms. The summed E-state index contributed by atoms with van der Waals surface area (Å²) in [5, 5.41) is 0. The van der Waals surface area contributed by atoms with Gasteiger partial charge in [0.25, 0.3) is 0 Å². The van der Waals surface area contributed by atoms with E-state index in [4.69, 9.17) is 5.73 Å². The number of aryl methyl sites for hydroxylation is 1. The van der Waals surface area contributed by atoms with E-state index < -0.39 is 0 Å². The van der Waals surface area contributed by atoms with E-state index in [0.717, 1.165) is 17.1 Å². The molecule has 0 spiro atoms. The first-order valence-corrected chi connectivity index (χ1v) is 4.17. The third-order valence-electron chi connectivity index (χ3n) is 1.80. The molecule has 1 aromatic rings. The molecule has 0 aliphatic carbocycles. The van der Waals surface area contributed by atoms with E-state index in [2.05, 4.69) is 23.8 Å². The fraction of sp³-hybridized carbons (Fsp3) is 0.556. The van der Waals surface area contributed by atoms with E-state index in [1.807, 2.05) is 13.1 Å². The molecule has 1 aromatic heterocycles. The highest BCUT2D eigenvalue weighted by molar-refractivity contribution is 5.16. The summed E-state index contributed by atoms with van der Waals surface area (Å²) in [5.41, 5.74) is 7.55. The Hall–Kier alpha value is -0.960. The minimum Gasteiger partial charge on any atom is -0.325 e. The van der Waals surface area contributed by atoms with Crippen LogP contribution in [0.25, 0.3) is 0 Å². The lowest BCUT2D eigenvalue weighted by Gasteiger charge is -2.06. The van der Waals surface area contributed by atoms with Gasteiger partial charge in [0.2, 0.25) is 0 Å². The smallest absolute Gasteiger partial charge is 0.131 e. The Bertz CT molecular complexity index is 268. The van der Waals surface area contributed by atoms with E-state index in [0.29, 0.717) is 12.5 Å². The van der Waals surface area contributed by atoms with Gasteiger partial charge in [-0.3, -0.25) is 0 Å². The standard InChI is InChI=1S/C9H15N3/c1-6(2)9-11-5-7(3)8(4-10)12-9/h5-6H,4,10H2,1-3H3. The largest absolute Gasteiger partial charge is 0.325 e. The predicted octanol–water partition coefficient (Wildman–Crippen LogP) is 1.37. The van der Waals surface area contributed by atoms with Crippen LogP contribution in [0.15, 0.2) is 6.20 Å². The van der Waals surface area contributed by atoms with Gasteiger partial charge in [-0.15, -0.1) is 0 Å². The summed E-state index contributed by atoms with van der Waals surface area (Å²) in [6.07, 6.45) is 1.84. The van der Waals surface area contributed by atoms with E-state index >= 15 is 0 Å². The van der Waals surface area contributed by atoms with E-state index in [-0.39, 0.29) is 0 Å². The van der Waals surface area contributed by atoms with Crippen LogP contribution >= 0.6 is 0 Å². The minimum atomic E-state index is 0.371. The monoisotopic (exact) mass is 165 g/mol. The maximum absolute atomic E-state index is 5.53. The molecule has 0 aromatic carbocycles. The van der Waals surface area contributed by atoms with Crippen LogP contribution in [-0.4, -0.2) is 9.97 Å². The molecule has 0 fully saturated rings. The summed E-state index contributed by atoms with van der Waals surface area (Å²) in [4.78, 5) is 8.57. The lowest BCUT2D eigenvalue weighted by molar-refractivity contribution is 0.750. The summed E-state index contributed by atoms with van der Waals surface area (Å²) in [6.45, 7) is 6.62. The number of aromatic nitrogens is 2. The molecule has 1 heterocycles. The predicted molar refractivity (Wildman–Crippen MR) is 48.7 cm³/mol. The number of nitrogens with two attached hydrogens (primary N) is 1. The normalized spacial score (nSPS) is 10.8. The molecular weight excluding hydrogens is 150 g/mol. The van der Waals surface area contributed by atoms with Crippen LogP contribution in [0.3, 0.4) is 0 Å². The van der Waals surface area contributed by atoms with Crippen molar-refractivity contribution in [3.8, 4) is 0 Å². The summed E-state index contributed by atoms with van der Waals surface area (Å²) in [5.74, 6) is 1.25. The fourth-order valence-electron chi connectivity index (χ4n) is 0.978. The fourth-order valence-corrected chi connectivity index (χ4v) is 0.978. The average molecular weight is 165 g/mol. The SMILES string of the molecule is Cc1cnc(C(C)C)nc1CN. The van der Waals surface area contributed by atoms with Crippen LogP contribution in [-0.2, 0) is 6.54 Å². The Morgan fingerprint density at radius 3 is 2.67 bits per heavy atom. The average Bonchev–Trinajstić information content (AvgIpc) is 2.05. The number of rotatable bonds is 2. The van der Waals surface area contributed by atoms with Crippen LogP contribution < -0.4 is 5.73 Å². The molecule has 3 nitrogen and oxygen atoms in total. The van der Waals surface area contributed by atoms with Crippen molar-refractivity contribution in [3.63, 3.8) is 0 Å². The number of hydrogen-bond donors (Lipinski definition) is 1. The van der Waals surface area contributed by atoms with Gasteiger partial charge in [0, 0.05) is 18.7 Å². The quantitative estimate of drug-likeness (QED) is 0.720. The second kappa shape index (κ2) is 3.63. The number of hydrogen-bond acceptors (Lipinski definition) is 3. The molecule has 0 aliphatic heterocycles. The highest BCUT2D eigenvalue weighted by atomic mass is 14.9. The third-order valence-corrected chi connectivity index (χ3v) is 1.80. The van der Waals surface area contributed by atoms with E-state index in [1.165, 1.54) is 0 Å². The van der Waals surface area contributed by atoms with Gasteiger partial charge >= 0.3 is 0 Å². The second-order valence-electron chi connectivity index (χ2n) is 3.22. The molecule has 0 atom stereocenters. The molecule has 2 N–H and O–H groups in total. The number of nitrogens with zero attached hydrogens (tertiary/aromatic N) is 2. The zero-order valence-corrected chi connectivity index (χ0v) is 7.83. The molecule has 3 heteroatoms. The van der Waals surface area contributed by atoms with Crippen molar-refractivity contribution in [2.45, 2.75) is 33.2 Å². The van der Waals surface area contributed by atoms with E-state index in [9.17, 15) is 0 Å². The molecule has 0 saturated carbocycles. The first kappa shape index (κ1) is 9.13. The van der Waals surface area contributed by atoms with Crippen LogP contribution in [0, 0.1) is 6.92 Å². The van der Waals surface area contributed by atoms with Gasteiger partial charge in [0.15, 0.2) is 0 Å². The molecule has 0 aliphatic rings. The minimum absolute atomic E-state index is 0.371. The molecule has 0 radical (unpaired) electrons. The highest BCUT2D eigenvalue weighted by Gasteiger charge is 2.04. The molecule has 0 saturated heterocycles. The van der Waals surface area contributed by atoms with Gasteiger partial charge in [-0.05, 0) is 12.5 Å². The lowest BCUT2D eigenvalue weighted by atomic mass is 10.2. The first-order chi connectivity index (χ1) is 5.65. The van der Waals surface area contributed by atoms with E-state index in [1.54, 1.807) is 0 Å². The Morgan fingerprint density at radius 1 is 1.50 bits per heavy atom. The molecular formula is C9H15N3. The third kappa shape index (κ3) is 1.80. The zero-order valence-electron chi connectivity index (χ0n) is 7.83. The van der Waals surface area contributed by atoms with Crippen molar-refractivity contribution in [2.75, 3.05) is 0 Å². The maximum Gasteiger partial charge on any atom is 0.131 e. The Kier molecular flexibility index (Phi) is 2.76. The topological polar surface area (TPSA) is 51.8 Å². The Morgan fingerprint density at radius 2 is 2.17 bits per heavy atom. The van der Waals surface area contributed by atoms with Crippen molar-refractivity contribution < 1.29 is 0 Å². The summed E-state index contributed by atoms with van der Waals surface area (Å²) >= 11 is 0. The maximum atomic E-state index is 5.53. The van der Waals surface area contributed by atoms with Gasteiger partial charge in [0.1, 0.15) is 5.82 Å². The van der Waals surface area contributed by atoms with Gasteiger partial charge < -0.3 is 5.73 Å². The van der Waals surface area contributed by atoms with Crippen molar-refractivity contribution >= 4 is 0 Å². The Labute approximate surface area is 73.0 Å². The second-order valence-corrected chi connectivity index (χ2v) is 3.22. The Balaban J connectivity index is 3.05. The van der Waals surface area contributed by atoms with Crippen LogP contribution in [0.4, 0.5) is 0 Å². The highest BCUT2D eigenvalue weighted by Crippen LogP contribution is 2.10. The molecule has 1 rings (SSSR count). The summed E-state index contributed by atoms with van der Waals surface area (Å²) < 4.78 is 0. The molecule has 66 valence electrons. The van der Waals surface area contributed by atoms with Crippen molar-refractivity contribution in [1.82, 2.24) is 9.97 Å². The summed E-state index contributed by atoms with van der Waals surface area (Å²) in [6, 6.07) is 0. The zero-order chi connectivity index (χ0) is 9.14. The van der Waals surface area contributed by atoms with Crippen molar-refractivity contribution in [3.05, 3.63) is 23.3 Å². The van der Waals surface area contributed by atoms with Gasteiger partial charge in [0.05, 0.1) is 5.69 Å². The van der Waals surface area contributed by atoms with Crippen LogP contribution in [0.5, 0.6) is 0 Å². The molecule has 0 amide bonds.